The number of nitrogens with one attached hydrogen (secondary N) is 2. The van der Waals surface area contributed by atoms with Gasteiger partial charge in [-0.25, -0.2) is 4.99 Å². The third-order valence-corrected chi connectivity index (χ3v) is 7.42. The van der Waals surface area contributed by atoms with E-state index < -0.39 is 5.41 Å². The standard InChI is InChI=1S/C26H31N5O3S/c1-5-31-22(32)20(15-28-17-9-8-10-18(13-17)29-24(33)25(2,3)4)35-23(31)19(14-27)21-30-26(16-34-21)11-6-7-12-26/h8-10,13,15,28H,5-7,11-12,16H2,1-4H3,(H,29,33)/b20-15+,23-19-. The Kier molecular flexibility index (Phi) is 6.86. The lowest BCUT2D eigenvalue weighted by Crippen LogP contribution is -2.32. The lowest BCUT2D eigenvalue weighted by Gasteiger charge is -2.18. The van der Waals surface area contributed by atoms with Crippen molar-refractivity contribution >= 4 is 46.3 Å². The van der Waals surface area contributed by atoms with Crippen molar-refractivity contribution in [2.24, 2.45) is 10.4 Å². The van der Waals surface area contributed by atoms with Gasteiger partial charge in [-0.2, -0.15) is 5.26 Å². The topological polar surface area (TPSA) is 109 Å². The number of benzene rings is 1. The first kappa shape index (κ1) is 24.7. The van der Waals surface area contributed by atoms with E-state index in [-0.39, 0.29) is 17.0 Å². The van der Waals surface area contributed by atoms with E-state index in [0.717, 1.165) is 31.4 Å². The van der Waals surface area contributed by atoms with E-state index in [9.17, 15) is 14.9 Å². The quantitative estimate of drug-likeness (QED) is 0.665. The Morgan fingerprint density at radius 2 is 2.03 bits per heavy atom. The summed E-state index contributed by atoms with van der Waals surface area (Å²) in [6.45, 7) is 8.37. The second-order valence-electron chi connectivity index (χ2n) is 10.0. The number of anilines is 2. The molecule has 184 valence electrons. The molecule has 2 aromatic rings. The van der Waals surface area contributed by atoms with Crippen LogP contribution in [-0.2, 0) is 16.1 Å². The van der Waals surface area contributed by atoms with Crippen LogP contribution in [0.1, 0.15) is 53.4 Å². The first-order valence-corrected chi connectivity index (χ1v) is 12.7. The van der Waals surface area contributed by atoms with Gasteiger partial charge in [0.1, 0.15) is 27.4 Å². The van der Waals surface area contributed by atoms with Crippen LogP contribution in [0.2, 0.25) is 0 Å². The van der Waals surface area contributed by atoms with Crippen LogP contribution in [-0.4, -0.2) is 28.5 Å². The minimum Gasteiger partial charge on any atom is -0.474 e. The number of ether oxygens (including phenoxy) is 1. The first-order valence-electron chi connectivity index (χ1n) is 11.9. The Morgan fingerprint density at radius 3 is 2.69 bits per heavy atom. The molecule has 35 heavy (non-hydrogen) atoms. The summed E-state index contributed by atoms with van der Waals surface area (Å²) in [7, 11) is 0. The summed E-state index contributed by atoms with van der Waals surface area (Å²) in [6.07, 6.45) is 5.81. The second kappa shape index (κ2) is 9.70. The van der Waals surface area contributed by atoms with E-state index in [2.05, 4.69) is 16.7 Å². The molecule has 4 rings (SSSR count). The lowest BCUT2D eigenvalue weighted by atomic mass is 9.95. The smallest absolute Gasteiger partial charge is 0.270 e. The van der Waals surface area contributed by atoms with Gasteiger partial charge in [-0.05, 0) is 38.0 Å². The molecule has 1 amide bonds. The molecule has 1 spiro atoms. The van der Waals surface area contributed by atoms with Crippen molar-refractivity contribution < 1.29 is 9.53 Å². The van der Waals surface area contributed by atoms with Crippen molar-refractivity contribution in [3.8, 4) is 6.07 Å². The molecule has 8 nitrogen and oxygen atoms in total. The highest BCUT2D eigenvalue weighted by atomic mass is 32.1. The van der Waals surface area contributed by atoms with Crippen molar-refractivity contribution in [2.75, 3.05) is 17.2 Å². The van der Waals surface area contributed by atoms with E-state index in [0.29, 0.717) is 39.5 Å². The van der Waals surface area contributed by atoms with Gasteiger partial charge in [0, 0.05) is 29.5 Å². The van der Waals surface area contributed by atoms with Crippen LogP contribution in [0.15, 0.2) is 34.1 Å². The van der Waals surface area contributed by atoms with Crippen molar-refractivity contribution in [3.63, 3.8) is 0 Å². The van der Waals surface area contributed by atoms with Crippen molar-refractivity contribution in [1.82, 2.24) is 4.57 Å². The number of thiazole rings is 1. The normalized spacial score (nSPS) is 18.1. The zero-order valence-electron chi connectivity index (χ0n) is 20.6. The molecule has 0 unspecified atom stereocenters. The minimum absolute atomic E-state index is 0.0802. The van der Waals surface area contributed by atoms with Gasteiger partial charge >= 0.3 is 0 Å². The molecule has 1 fully saturated rings. The molecule has 1 aliphatic carbocycles. The summed E-state index contributed by atoms with van der Waals surface area (Å²) >= 11 is 1.24. The van der Waals surface area contributed by atoms with Gasteiger partial charge in [0.2, 0.25) is 11.8 Å². The van der Waals surface area contributed by atoms with Crippen LogP contribution >= 0.6 is 11.3 Å². The number of aromatic nitrogens is 1. The maximum atomic E-state index is 13.1. The Balaban J connectivity index is 1.67. The Hall–Kier alpha value is -3.38. The number of carbonyl (C=O) groups is 1. The Morgan fingerprint density at radius 1 is 1.31 bits per heavy atom. The van der Waals surface area contributed by atoms with E-state index in [4.69, 9.17) is 9.73 Å². The summed E-state index contributed by atoms with van der Waals surface area (Å²) in [5, 5.41) is 16.0. The maximum absolute atomic E-state index is 13.1. The zero-order valence-corrected chi connectivity index (χ0v) is 21.4. The summed E-state index contributed by atoms with van der Waals surface area (Å²) < 4.78 is 8.47. The SMILES string of the molecule is CCn1c(=O)/c(=C\Nc2cccc(NC(=O)C(C)(C)C)c2)s/c1=C(/C#N)C1=NC2(CCCC2)CO1. The number of carbonyl (C=O) groups excluding carboxylic acids is 1. The van der Waals surface area contributed by atoms with Gasteiger partial charge in [0.05, 0.1) is 5.54 Å². The largest absolute Gasteiger partial charge is 0.474 e. The fourth-order valence-corrected chi connectivity index (χ4v) is 5.31. The summed E-state index contributed by atoms with van der Waals surface area (Å²) in [6, 6.07) is 9.53. The van der Waals surface area contributed by atoms with Gasteiger partial charge in [-0.3, -0.25) is 14.2 Å². The molecule has 9 heteroatoms. The Labute approximate surface area is 208 Å². The van der Waals surface area contributed by atoms with Gasteiger partial charge in [0.15, 0.2) is 0 Å². The van der Waals surface area contributed by atoms with Crippen molar-refractivity contribution in [3.05, 3.63) is 43.8 Å². The minimum atomic E-state index is -0.506. The van der Waals surface area contributed by atoms with Crippen LogP contribution in [0, 0.1) is 16.7 Å². The maximum Gasteiger partial charge on any atom is 0.270 e. The first-order chi connectivity index (χ1) is 16.7. The molecular weight excluding hydrogens is 462 g/mol. The van der Waals surface area contributed by atoms with E-state index >= 15 is 0 Å². The highest BCUT2D eigenvalue weighted by molar-refractivity contribution is 7.07. The van der Waals surface area contributed by atoms with Gasteiger partial charge in [-0.1, -0.05) is 39.7 Å². The van der Waals surface area contributed by atoms with Crippen LogP contribution in [0.3, 0.4) is 0 Å². The molecule has 0 atom stereocenters. The predicted octanol–water partition coefficient (Wildman–Crippen LogP) is 3.18. The van der Waals surface area contributed by atoms with Gasteiger partial charge < -0.3 is 15.4 Å². The second-order valence-corrected chi connectivity index (χ2v) is 11.0. The number of nitrogens with zero attached hydrogens (tertiary/aromatic N) is 3. The molecular formula is C26H31N5O3S. The molecule has 2 N–H and O–H groups in total. The molecule has 1 aromatic heterocycles. The number of hydrogen-bond donors (Lipinski definition) is 2. The lowest BCUT2D eigenvalue weighted by molar-refractivity contribution is -0.123. The molecule has 1 saturated carbocycles. The van der Waals surface area contributed by atoms with Gasteiger partial charge in [-0.15, -0.1) is 11.3 Å². The molecule has 0 bridgehead atoms. The number of nitriles is 1. The Bertz CT molecular complexity index is 1380. The molecule has 0 saturated heterocycles. The summed E-state index contributed by atoms with van der Waals surface area (Å²) in [5.41, 5.74) is 0.802. The predicted molar refractivity (Wildman–Crippen MR) is 140 cm³/mol. The highest BCUT2D eigenvalue weighted by Gasteiger charge is 2.40. The molecule has 1 aliphatic heterocycles. The molecule has 2 aliphatic rings. The van der Waals surface area contributed by atoms with Crippen LogP contribution in [0.5, 0.6) is 0 Å². The monoisotopic (exact) mass is 493 g/mol. The van der Waals surface area contributed by atoms with Crippen LogP contribution < -0.4 is 25.4 Å². The average molecular weight is 494 g/mol. The van der Waals surface area contributed by atoms with Crippen LogP contribution in [0.4, 0.5) is 11.4 Å². The number of hydrogen-bond acceptors (Lipinski definition) is 7. The average Bonchev–Trinajstić information content (AvgIpc) is 3.53. The molecule has 2 heterocycles. The van der Waals surface area contributed by atoms with E-state index in [1.54, 1.807) is 10.8 Å². The summed E-state index contributed by atoms with van der Waals surface area (Å²) in [5.74, 6) is 0.267. The number of amides is 1. The summed E-state index contributed by atoms with van der Waals surface area (Å²) in [4.78, 5) is 30.2. The third kappa shape index (κ3) is 5.17. The molecule has 0 radical (unpaired) electrons. The highest BCUT2D eigenvalue weighted by Crippen LogP contribution is 2.37. The third-order valence-electron chi connectivity index (χ3n) is 6.29. The number of aliphatic imine (C=N–C) groups is 1. The molecule has 1 aromatic carbocycles. The number of rotatable bonds is 5. The fraction of sp³-hybridized carbons (Fsp3) is 0.462. The van der Waals surface area contributed by atoms with Gasteiger partial charge in [0.25, 0.3) is 5.56 Å². The van der Waals surface area contributed by atoms with E-state index in [1.165, 1.54) is 11.3 Å². The van der Waals surface area contributed by atoms with Crippen molar-refractivity contribution in [1.29, 1.82) is 5.26 Å². The van der Waals surface area contributed by atoms with Crippen LogP contribution in [0.25, 0.3) is 11.8 Å². The zero-order chi connectivity index (χ0) is 25.2. The van der Waals surface area contributed by atoms with E-state index in [1.807, 2.05) is 52.0 Å². The fourth-order valence-electron chi connectivity index (χ4n) is 4.23. The van der Waals surface area contributed by atoms with Crippen molar-refractivity contribution in [2.45, 2.75) is 65.5 Å².